The summed E-state index contributed by atoms with van der Waals surface area (Å²) in [5.74, 6) is -2.76. The summed E-state index contributed by atoms with van der Waals surface area (Å²) in [6.45, 7) is 0. The second kappa shape index (κ2) is 3.10. The molecule has 0 amide bonds. The van der Waals surface area contributed by atoms with E-state index in [1.165, 1.54) is 0 Å². The first-order valence-corrected chi connectivity index (χ1v) is 1.24. The fourth-order valence-corrected chi connectivity index (χ4v) is 0. The molecule has 0 aliphatic carbocycles. The normalized spacial score (nSPS) is 9.88. The summed E-state index contributed by atoms with van der Waals surface area (Å²) in [7, 11) is 0. The van der Waals surface area contributed by atoms with Gasteiger partial charge in [-0.25, -0.2) is 4.79 Å². The maximum absolute atomic E-state index is 10.6. The summed E-state index contributed by atoms with van der Waals surface area (Å²) in [5, 5.41) is 7.12. The molecule has 0 rings (SSSR count). The van der Waals surface area contributed by atoms with E-state index in [4.69, 9.17) is 9.90 Å². The van der Waals surface area contributed by atoms with Gasteiger partial charge in [-0.2, -0.15) is 13.2 Å². The first kappa shape index (κ1) is 10.9. The van der Waals surface area contributed by atoms with Crippen LogP contribution in [0, 0.1) is 0 Å². The number of hydrogen-bond acceptors (Lipinski definition) is 1. The molecule has 1 N–H and O–H groups in total. The third-order valence-corrected chi connectivity index (χ3v) is 0.243. The highest BCUT2D eigenvalue weighted by molar-refractivity contribution is 14.0. The van der Waals surface area contributed by atoms with Crippen molar-refractivity contribution in [2.45, 2.75) is 6.18 Å². The minimum atomic E-state index is -5.08. The van der Waals surface area contributed by atoms with Crippen LogP contribution in [0.25, 0.3) is 0 Å². The third-order valence-electron chi connectivity index (χ3n) is 0.243. The van der Waals surface area contributed by atoms with Crippen LogP contribution in [0.3, 0.4) is 0 Å². The van der Waals surface area contributed by atoms with E-state index in [9.17, 15) is 13.2 Å². The van der Waals surface area contributed by atoms with Crippen LogP contribution in [0.1, 0.15) is 0 Å². The molecule has 0 radical (unpaired) electrons. The van der Waals surface area contributed by atoms with Crippen LogP contribution in [-0.4, -0.2) is 17.3 Å². The molecule has 0 saturated carbocycles. The van der Waals surface area contributed by atoms with Crippen LogP contribution in [0.5, 0.6) is 0 Å². The first-order chi connectivity index (χ1) is 2.94. The Labute approximate surface area is 59.7 Å². The van der Waals surface area contributed by atoms with E-state index in [-0.39, 0.29) is 24.0 Å². The molecule has 0 aromatic heterocycles. The average molecular weight is 242 g/mol. The molecule has 50 valence electrons. The van der Waals surface area contributed by atoms with Gasteiger partial charge in [0, 0.05) is 0 Å². The number of alkyl halides is 3. The number of aliphatic carboxylic acids is 1. The molecule has 0 aromatic carbocycles. The van der Waals surface area contributed by atoms with E-state index in [0.29, 0.717) is 0 Å². The van der Waals surface area contributed by atoms with Gasteiger partial charge < -0.3 is 5.11 Å². The maximum Gasteiger partial charge on any atom is 0.490 e. The molecule has 0 aliphatic heterocycles. The van der Waals surface area contributed by atoms with Crippen molar-refractivity contribution in [3.05, 3.63) is 0 Å². The predicted molar refractivity (Wildman–Crippen MR) is 29.1 cm³/mol. The highest BCUT2D eigenvalue weighted by Crippen LogP contribution is 2.13. The number of carboxylic acid groups (broad SMARTS) is 1. The van der Waals surface area contributed by atoms with E-state index < -0.39 is 12.1 Å². The summed E-state index contributed by atoms with van der Waals surface area (Å²) in [6.07, 6.45) is -5.08. The molecular weight excluding hydrogens is 240 g/mol. The van der Waals surface area contributed by atoms with E-state index in [1.54, 1.807) is 0 Å². The molecular formula is C2H2F3IO2. The summed E-state index contributed by atoms with van der Waals surface area (Å²) in [6, 6.07) is 0. The Bertz CT molecular complexity index is 87.8. The van der Waals surface area contributed by atoms with Crippen LogP contribution >= 0.6 is 24.0 Å². The van der Waals surface area contributed by atoms with Crippen LogP contribution in [0.15, 0.2) is 0 Å². The zero-order chi connectivity index (χ0) is 6.08. The smallest absolute Gasteiger partial charge is 0.475 e. The summed E-state index contributed by atoms with van der Waals surface area (Å²) in [4.78, 5) is 8.90. The Morgan fingerprint density at radius 2 is 1.50 bits per heavy atom. The molecule has 2 nitrogen and oxygen atoms in total. The molecule has 0 aromatic rings. The van der Waals surface area contributed by atoms with Crippen molar-refractivity contribution in [1.82, 2.24) is 0 Å². The number of hydrogen-bond donors (Lipinski definition) is 1. The second-order valence-corrected chi connectivity index (χ2v) is 0.803. The standard InChI is InChI=1S/C2HF3O2.HI/c3-2(4,5)1(6)7;/h(H,6,7);1H. The van der Waals surface area contributed by atoms with Gasteiger partial charge in [-0.05, 0) is 0 Å². The van der Waals surface area contributed by atoms with Crippen molar-refractivity contribution in [3.8, 4) is 0 Å². The fourth-order valence-electron chi connectivity index (χ4n) is 0. The quantitative estimate of drug-likeness (QED) is 0.649. The third kappa shape index (κ3) is 4.16. The minimum Gasteiger partial charge on any atom is -0.475 e. The molecule has 0 unspecified atom stereocenters. The van der Waals surface area contributed by atoms with E-state index in [0.717, 1.165) is 0 Å². The van der Waals surface area contributed by atoms with E-state index in [1.807, 2.05) is 0 Å². The monoisotopic (exact) mass is 242 g/mol. The molecule has 0 aliphatic rings. The number of carboxylic acids is 1. The molecule has 0 bridgehead atoms. The fraction of sp³-hybridized carbons (Fsp3) is 0.500. The highest BCUT2D eigenvalue weighted by Gasteiger charge is 2.38. The lowest BCUT2D eigenvalue weighted by Gasteiger charge is -1.93. The van der Waals surface area contributed by atoms with Crippen molar-refractivity contribution >= 4 is 29.9 Å². The Hall–Kier alpha value is -0.0100. The largest absolute Gasteiger partial charge is 0.490 e. The molecule has 0 atom stereocenters. The van der Waals surface area contributed by atoms with Gasteiger partial charge in [-0.3, -0.25) is 0 Å². The topological polar surface area (TPSA) is 37.3 Å². The van der Waals surface area contributed by atoms with Gasteiger partial charge in [0.15, 0.2) is 0 Å². The predicted octanol–water partition coefficient (Wildman–Crippen LogP) is 1.25. The highest BCUT2D eigenvalue weighted by atomic mass is 127. The molecule has 0 saturated heterocycles. The van der Waals surface area contributed by atoms with Crippen LogP contribution < -0.4 is 0 Å². The van der Waals surface area contributed by atoms with Crippen LogP contribution in [0.2, 0.25) is 0 Å². The van der Waals surface area contributed by atoms with Gasteiger partial charge in [0.25, 0.3) is 0 Å². The summed E-state index contributed by atoms with van der Waals surface area (Å²) >= 11 is 0. The molecule has 8 heavy (non-hydrogen) atoms. The zero-order valence-electron chi connectivity index (χ0n) is 3.40. The number of rotatable bonds is 0. The lowest BCUT2D eigenvalue weighted by molar-refractivity contribution is -0.192. The van der Waals surface area contributed by atoms with Crippen molar-refractivity contribution in [3.63, 3.8) is 0 Å². The van der Waals surface area contributed by atoms with Crippen molar-refractivity contribution in [1.29, 1.82) is 0 Å². The first-order valence-electron chi connectivity index (χ1n) is 1.24. The van der Waals surface area contributed by atoms with Gasteiger partial charge >= 0.3 is 12.1 Å². The maximum atomic E-state index is 10.6. The Kier molecular flexibility index (Phi) is 4.22. The van der Waals surface area contributed by atoms with Crippen molar-refractivity contribution in [2.75, 3.05) is 0 Å². The Balaban J connectivity index is 0. The van der Waals surface area contributed by atoms with Gasteiger partial charge in [0.2, 0.25) is 0 Å². The molecule has 0 fully saturated rings. The van der Waals surface area contributed by atoms with Gasteiger partial charge in [0.05, 0.1) is 0 Å². The number of halogens is 4. The molecule has 0 spiro atoms. The summed E-state index contributed by atoms with van der Waals surface area (Å²) < 4.78 is 31.7. The SMILES string of the molecule is I.O=C(O)C(F)(F)F. The molecule has 6 heteroatoms. The Morgan fingerprint density at radius 1 is 1.38 bits per heavy atom. The minimum absolute atomic E-state index is 0. The number of carbonyl (C=O) groups is 1. The summed E-state index contributed by atoms with van der Waals surface area (Å²) in [5.41, 5.74) is 0. The van der Waals surface area contributed by atoms with Crippen LogP contribution in [0.4, 0.5) is 13.2 Å². The second-order valence-electron chi connectivity index (χ2n) is 0.803. The average Bonchev–Trinajstić information content (AvgIpc) is 1.31. The van der Waals surface area contributed by atoms with E-state index >= 15 is 0 Å². The van der Waals surface area contributed by atoms with E-state index in [2.05, 4.69) is 0 Å². The van der Waals surface area contributed by atoms with Gasteiger partial charge in [0.1, 0.15) is 0 Å². The molecule has 0 heterocycles. The lowest BCUT2D eigenvalue weighted by atomic mass is 10.7. The van der Waals surface area contributed by atoms with Crippen LogP contribution in [-0.2, 0) is 4.79 Å². The zero-order valence-corrected chi connectivity index (χ0v) is 5.73. The van der Waals surface area contributed by atoms with Crippen molar-refractivity contribution in [2.24, 2.45) is 0 Å². The van der Waals surface area contributed by atoms with Gasteiger partial charge in [-0.15, -0.1) is 24.0 Å². The van der Waals surface area contributed by atoms with Crippen molar-refractivity contribution < 1.29 is 23.1 Å². The lowest BCUT2D eigenvalue weighted by Crippen LogP contribution is -2.21. The van der Waals surface area contributed by atoms with Gasteiger partial charge in [-0.1, -0.05) is 0 Å². The Morgan fingerprint density at radius 3 is 1.50 bits per heavy atom.